The van der Waals surface area contributed by atoms with Crippen LogP contribution < -0.4 is 16.0 Å². The monoisotopic (exact) mass is 359 g/mol. The van der Waals surface area contributed by atoms with E-state index in [2.05, 4.69) is 15.6 Å². The molecule has 1 amide bonds. The Labute approximate surface area is 151 Å². The van der Waals surface area contributed by atoms with Crippen LogP contribution in [0.3, 0.4) is 0 Å². The van der Waals surface area contributed by atoms with Crippen LogP contribution in [0.2, 0.25) is 0 Å². The van der Waals surface area contributed by atoms with Crippen LogP contribution in [0.5, 0.6) is 0 Å². The molecule has 1 heterocycles. The highest BCUT2D eigenvalue weighted by Crippen LogP contribution is 2.16. The van der Waals surface area contributed by atoms with Crippen molar-refractivity contribution in [3.8, 4) is 0 Å². The topological polar surface area (TPSA) is 117 Å². The van der Waals surface area contributed by atoms with E-state index < -0.39 is 12.0 Å². The molecule has 8 heteroatoms. The van der Waals surface area contributed by atoms with Crippen LogP contribution >= 0.6 is 0 Å². The summed E-state index contributed by atoms with van der Waals surface area (Å²) >= 11 is 0. The molecular weight excluding hydrogens is 336 g/mol. The third kappa shape index (κ3) is 4.87. The Morgan fingerprint density at radius 3 is 2.62 bits per heavy atom. The molecule has 0 spiro atoms. The normalized spacial score (nSPS) is 12.3. The Balaban J connectivity index is 2.06. The van der Waals surface area contributed by atoms with Crippen molar-refractivity contribution in [2.75, 3.05) is 6.54 Å². The van der Waals surface area contributed by atoms with Crippen molar-refractivity contribution >= 4 is 22.8 Å². The molecule has 8 nitrogen and oxygen atoms in total. The lowest BCUT2D eigenvalue weighted by Gasteiger charge is -2.21. The average Bonchev–Trinajstić information content (AvgIpc) is 2.60. The zero-order chi connectivity index (χ0) is 19.1. The van der Waals surface area contributed by atoms with E-state index in [4.69, 9.17) is 0 Å². The van der Waals surface area contributed by atoms with Gasteiger partial charge in [0, 0.05) is 12.5 Å². The lowest BCUT2D eigenvalue weighted by atomic mass is 10.0. The SMILES string of the molecule is CC(C)[C@@H](C(=O)NCCCCCC(=O)[O-])n1nnc2ccccc2c1=O. The number of carboxylic acids is 1. The summed E-state index contributed by atoms with van der Waals surface area (Å²) in [7, 11) is 0. The highest BCUT2D eigenvalue weighted by molar-refractivity contribution is 5.81. The Morgan fingerprint density at radius 1 is 1.19 bits per heavy atom. The molecule has 26 heavy (non-hydrogen) atoms. The summed E-state index contributed by atoms with van der Waals surface area (Å²) in [5.74, 6) is -1.52. The molecule has 2 aromatic rings. The fraction of sp³-hybridized carbons (Fsp3) is 0.500. The molecule has 1 aromatic heterocycles. The van der Waals surface area contributed by atoms with Crippen LogP contribution in [0, 0.1) is 5.92 Å². The first kappa shape index (κ1) is 19.6. The zero-order valence-corrected chi connectivity index (χ0v) is 15.0. The average molecular weight is 359 g/mol. The van der Waals surface area contributed by atoms with Gasteiger partial charge in [0.2, 0.25) is 5.91 Å². The number of carboxylic acid groups (broad SMARTS) is 1. The van der Waals surface area contributed by atoms with Gasteiger partial charge in [0.05, 0.1) is 5.39 Å². The van der Waals surface area contributed by atoms with E-state index >= 15 is 0 Å². The van der Waals surface area contributed by atoms with Crippen LogP contribution in [-0.4, -0.2) is 33.4 Å². The van der Waals surface area contributed by atoms with E-state index in [0.29, 0.717) is 36.7 Å². The van der Waals surface area contributed by atoms with Gasteiger partial charge in [-0.1, -0.05) is 37.6 Å². The van der Waals surface area contributed by atoms with Crippen molar-refractivity contribution in [2.45, 2.75) is 45.6 Å². The van der Waals surface area contributed by atoms with Gasteiger partial charge in [0.25, 0.3) is 5.56 Å². The Kier molecular flexibility index (Phi) is 6.82. The molecule has 0 aliphatic carbocycles. The van der Waals surface area contributed by atoms with Gasteiger partial charge in [-0.25, -0.2) is 0 Å². The van der Waals surface area contributed by atoms with Crippen molar-refractivity contribution in [1.29, 1.82) is 0 Å². The van der Waals surface area contributed by atoms with E-state index in [1.54, 1.807) is 24.3 Å². The van der Waals surface area contributed by atoms with Crippen LogP contribution in [-0.2, 0) is 9.59 Å². The first-order chi connectivity index (χ1) is 12.4. The number of carbonyl (C=O) groups is 2. The number of rotatable bonds is 9. The summed E-state index contributed by atoms with van der Waals surface area (Å²) in [6.07, 6.45) is 1.87. The number of hydrogen-bond acceptors (Lipinski definition) is 6. The molecule has 0 fully saturated rings. The highest BCUT2D eigenvalue weighted by Gasteiger charge is 2.27. The van der Waals surface area contributed by atoms with E-state index in [9.17, 15) is 19.5 Å². The quantitative estimate of drug-likeness (QED) is 0.648. The van der Waals surface area contributed by atoms with Gasteiger partial charge in [0.1, 0.15) is 11.6 Å². The van der Waals surface area contributed by atoms with Crippen LogP contribution in [0.25, 0.3) is 10.9 Å². The lowest BCUT2D eigenvalue weighted by molar-refractivity contribution is -0.305. The van der Waals surface area contributed by atoms with Crippen LogP contribution in [0.15, 0.2) is 29.1 Å². The summed E-state index contributed by atoms with van der Waals surface area (Å²) in [4.78, 5) is 35.6. The fourth-order valence-corrected chi connectivity index (χ4v) is 2.77. The molecule has 0 unspecified atom stereocenters. The molecule has 2 rings (SSSR count). The third-order valence-electron chi connectivity index (χ3n) is 4.11. The zero-order valence-electron chi connectivity index (χ0n) is 15.0. The number of amides is 1. The second-order valence-corrected chi connectivity index (χ2v) is 6.52. The first-order valence-corrected chi connectivity index (χ1v) is 8.73. The van der Waals surface area contributed by atoms with E-state index in [1.165, 1.54) is 0 Å². The number of aliphatic carboxylic acids is 1. The number of unbranched alkanes of at least 4 members (excludes halogenated alkanes) is 2. The van der Waals surface area contributed by atoms with Crippen molar-refractivity contribution in [2.24, 2.45) is 5.92 Å². The third-order valence-corrected chi connectivity index (χ3v) is 4.11. The molecule has 0 aliphatic heterocycles. The van der Waals surface area contributed by atoms with Crippen LogP contribution in [0.4, 0.5) is 0 Å². The molecule has 1 N–H and O–H groups in total. The van der Waals surface area contributed by atoms with Crippen molar-refractivity contribution in [3.63, 3.8) is 0 Å². The summed E-state index contributed by atoms with van der Waals surface area (Å²) in [5.41, 5.74) is 0.142. The molecule has 140 valence electrons. The second-order valence-electron chi connectivity index (χ2n) is 6.52. The summed E-state index contributed by atoms with van der Waals surface area (Å²) in [6.45, 7) is 4.09. The molecular formula is C18H23N4O4-. The van der Waals surface area contributed by atoms with Gasteiger partial charge in [0.15, 0.2) is 0 Å². The molecule has 0 aliphatic rings. The standard InChI is InChI=1S/C18H24N4O4/c1-12(2)16(17(25)19-11-7-3-4-10-15(23)24)22-18(26)13-8-5-6-9-14(13)20-21-22/h5-6,8-9,12,16H,3-4,7,10-11H2,1-2H3,(H,19,25)(H,23,24)/p-1/t16-/m0/s1. The van der Waals surface area contributed by atoms with Gasteiger partial charge in [-0.3, -0.25) is 9.59 Å². The number of carbonyl (C=O) groups excluding carboxylic acids is 2. The molecule has 1 aromatic carbocycles. The Bertz CT molecular complexity index is 831. The van der Waals surface area contributed by atoms with Crippen molar-refractivity contribution in [3.05, 3.63) is 34.6 Å². The maximum atomic E-state index is 12.7. The van der Waals surface area contributed by atoms with Gasteiger partial charge in [-0.05, 0) is 37.3 Å². The maximum absolute atomic E-state index is 12.7. The van der Waals surface area contributed by atoms with Gasteiger partial charge in [-0.15, -0.1) is 5.10 Å². The van der Waals surface area contributed by atoms with Gasteiger partial charge in [-0.2, -0.15) is 4.68 Å². The minimum Gasteiger partial charge on any atom is -0.550 e. The summed E-state index contributed by atoms with van der Waals surface area (Å²) in [5, 5.41) is 21.6. The van der Waals surface area contributed by atoms with E-state index in [0.717, 1.165) is 4.68 Å². The number of fused-ring (bicyclic) bond motifs is 1. The van der Waals surface area contributed by atoms with Crippen LogP contribution in [0.1, 0.15) is 45.6 Å². The number of nitrogens with zero attached hydrogens (tertiary/aromatic N) is 3. The lowest BCUT2D eigenvalue weighted by Crippen LogP contribution is -2.41. The number of nitrogens with one attached hydrogen (secondary N) is 1. The molecule has 0 radical (unpaired) electrons. The largest absolute Gasteiger partial charge is 0.550 e. The number of aromatic nitrogens is 3. The van der Waals surface area contributed by atoms with Crippen molar-refractivity contribution in [1.82, 2.24) is 20.3 Å². The van der Waals surface area contributed by atoms with Gasteiger partial charge < -0.3 is 15.2 Å². The van der Waals surface area contributed by atoms with E-state index in [1.807, 2.05) is 13.8 Å². The van der Waals surface area contributed by atoms with Crippen molar-refractivity contribution < 1.29 is 14.7 Å². The Hall–Kier alpha value is -2.77. The van der Waals surface area contributed by atoms with Gasteiger partial charge >= 0.3 is 0 Å². The van der Waals surface area contributed by atoms with E-state index in [-0.39, 0.29) is 23.8 Å². The predicted octanol–water partition coefficient (Wildman–Crippen LogP) is 0.415. The second kappa shape index (κ2) is 9.07. The highest BCUT2D eigenvalue weighted by atomic mass is 16.4. The minimum absolute atomic E-state index is 0.0185. The summed E-state index contributed by atoms with van der Waals surface area (Å²) in [6, 6.07) is 6.12. The Morgan fingerprint density at radius 2 is 1.92 bits per heavy atom. The number of benzene rings is 1. The molecule has 0 saturated heterocycles. The fourth-order valence-electron chi connectivity index (χ4n) is 2.77. The molecule has 0 bridgehead atoms. The first-order valence-electron chi connectivity index (χ1n) is 8.73. The maximum Gasteiger partial charge on any atom is 0.278 e. The molecule has 0 saturated carbocycles. The smallest absolute Gasteiger partial charge is 0.278 e. The number of hydrogen-bond donors (Lipinski definition) is 1. The molecule has 1 atom stereocenters. The predicted molar refractivity (Wildman–Crippen MR) is 94.2 cm³/mol. The minimum atomic E-state index is -1.07. The summed E-state index contributed by atoms with van der Waals surface area (Å²) < 4.78 is 1.14.